The Balaban J connectivity index is 4.93. The predicted molar refractivity (Wildman–Crippen MR) is 83.4 cm³/mol. The third-order valence-electron chi connectivity index (χ3n) is 3.23. The van der Waals surface area contributed by atoms with Crippen LogP contribution in [0, 0.1) is 0 Å². The number of hydrogen-bond acceptors (Lipinski definition) is 9. The number of phosphoric acid groups is 1. The topological polar surface area (TPSA) is 220 Å². The van der Waals surface area contributed by atoms with Crippen LogP contribution >= 0.6 is 7.82 Å². The molecule has 0 aromatic heterocycles. The van der Waals surface area contributed by atoms with E-state index in [2.05, 4.69) is 9.84 Å². The van der Waals surface area contributed by atoms with E-state index in [4.69, 9.17) is 25.7 Å². The molecule has 12 nitrogen and oxygen atoms in total. The first kappa shape index (κ1) is 24.1. The summed E-state index contributed by atoms with van der Waals surface area (Å²) in [6.07, 6.45) is -4.96. The predicted octanol–water partition coefficient (Wildman–Crippen LogP) is -3.08. The van der Waals surface area contributed by atoms with Crippen molar-refractivity contribution < 1.29 is 48.9 Å². The molecule has 0 heterocycles. The number of carboxylic acid groups (broad SMARTS) is 1. The number of ketones is 1. The molecule has 4 atom stereocenters. The summed E-state index contributed by atoms with van der Waals surface area (Å²) in [6.45, 7) is -1.31. The summed E-state index contributed by atoms with van der Waals surface area (Å²) < 4.78 is 15.1. The van der Waals surface area contributed by atoms with Crippen LogP contribution in [0.5, 0.6) is 0 Å². The Labute approximate surface area is 143 Å². The maximum atomic E-state index is 12.0. The van der Waals surface area contributed by atoms with Gasteiger partial charge in [-0.1, -0.05) is 6.42 Å². The standard InChI is InChI=1S/C12H25N2O10P/c13-4-2-1-3-7(12(19)20)14-5-8(16)11(24-25(21,22)23)10(18)9(17)6-15/h7,9-11,14-15,17-18H,1-6,13H2,(H,19,20)(H2,21,22,23). The molecule has 0 aliphatic carbocycles. The lowest BCUT2D eigenvalue weighted by molar-refractivity contribution is -0.141. The van der Waals surface area contributed by atoms with E-state index >= 15 is 0 Å². The highest BCUT2D eigenvalue weighted by molar-refractivity contribution is 7.46. The summed E-state index contributed by atoms with van der Waals surface area (Å²) in [5.74, 6) is -2.35. The second-order valence-electron chi connectivity index (χ2n) is 5.28. The second kappa shape index (κ2) is 11.6. The monoisotopic (exact) mass is 388 g/mol. The number of rotatable bonds is 14. The minimum Gasteiger partial charge on any atom is -0.480 e. The van der Waals surface area contributed by atoms with Crippen molar-refractivity contribution in [3.8, 4) is 0 Å². The summed E-state index contributed by atoms with van der Waals surface area (Å²) in [5.41, 5.74) is 5.30. The summed E-state index contributed by atoms with van der Waals surface area (Å²) in [6, 6.07) is -1.12. The molecule has 0 fully saturated rings. The molecule has 0 spiro atoms. The Morgan fingerprint density at radius 3 is 2.24 bits per heavy atom. The average Bonchev–Trinajstić information content (AvgIpc) is 2.52. The van der Waals surface area contributed by atoms with Crippen molar-refractivity contribution in [2.45, 2.75) is 43.6 Å². The largest absolute Gasteiger partial charge is 0.480 e. The van der Waals surface area contributed by atoms with Crippen LogP contribution in [-0.4, -0.2) is 86.0 Å². The fraction of sp³-hybridized carbons (Fsp3) is 0.833. The van der Waals surface area contributed by atoms with Crippen molar-refractivity contribution >= 4 is 19.6 Å². The van der Waals surface area contributed by atoms with Gasteiger partial charge in [-0.15, -0.1) is 0 Å². The lowest BCUT2D eigenvalue weighted by atomic mass is 10.0. The van der Waals surface area contributed by atoms with Crippen molar-refractivity contribution in [2.75, 3.05) is 19.7 Å². The van der Waals surface area contributed by atoms with Crippen molar-refractivity contribution in [1.29, 1.82) is 0 Å². The van der Waals surface area contributed by atoms with E-state index in [9.17, 15) is 24.4 Å². The minimum absolute atomic E-state index is 0.158. The fourth-order valence-corrected chi connectivity index (χ4v) is 2.44. The summed E-state index contributed by atoms with van der Waals surface area (Å²) in [5, 5.41) is 39.3. The maximum Gasteiger partial charge on any atom is 0.470 e. The van der Waals surface area contributed by atoms with Gasteiger partial charge >= 0.3 is 13.8 Å². The van der Waals surface area contributed by atoms with Gasteiger partial charge in [0.2, 0.25) is 0 Å². The quantitative estimate of drug-likeness (QED) is 0.110. The molecular formula is C12H25N2O10P. The Hall–Kier alpha value is -0.950. The second-order valence-corrected chi connectivity index (χ2v) is 6.47. The van der Waals surface area contributed by atoms with Crippen molar-refractivity contribution in [1.82, 2.24) is 5.32 Å². The fourth-order valence-electron chi connectivity index (χ4n) is 1.90. The van der Waals surface area contributed by atoms with E-state index in [1.165, 1.54) is 0 Å². The molecule has 0 amide bonds. The van der Waals surface area contributed by atoms with Crippen LogP contribution in [0.2, 0.25) is 0 Å². The number of nitrogens with one attached hydrogen (secondary N) is 1. The van der Waals surface area contributed by atoms with Crippen LogP contribution in [0.15, 0.2) is 0 Å². The van der Waals surface area contributed by atoms with Gasteiger partial charge in [-0.3, -0.25) is 19.4 Å². The first-order chi connectivity index (χ1) is 11.5. The van der Waals surface area contributed by atoms with E-state index in [0.717, 1.165) is 0 Å². The van der Waals surface area contributed by atoms with E-state index < -0.39 is 57.1 Å². The number of aliphatic carboxylic acids is 1. The molecule has 0 aliphatic rings. The van der Waals surface area contributed by atoms with Crippen LogP contribution in [0.3, 0.4) is 0 Å². The molecule has 0 bridgehead atoms. The highest BCUT2D eigenvalue weighted by Crippen LogP contribution is 2.38. The molecular weight excluding hydrogens is 363 g/mol. The lowest BCUT2D eigenvalue weighted by Gasteiger charge is -2.25. The summed E-state index contributed by atoms with van der Waals surface area (Å²) >= 11 is 0. The molecule has 0 aromatic rings. The number of nitrogens with two attached hydrogens (primary N) is 1. The van der Waals surface area contributed by atoms with Gasteiger partial charge in [0, 0.05) is 0 Å². The van der Waals surface area contributed by atoms with Crippen LogP contribution in [0.25, 0.3) is 0 Å². The number of unbranched alkanes of at least 4 members (excludes halogenated alkanes) is 1. The maximum absolute atomic E-state index is 12.0. The molecule has 0 radical (unpaired) electrons. The van der Waals surface area contributed by atoms with E-state index in [0.29, 0.717) is 19.4 Å². The Kier molecular flexibility index (Phi) is 11.2. The van der Waals surface area contributed by atoms with Crippen LogP contribution in [-0.2, 0) is 18.7 Å². The number of carboxylic acids is 1. The number of hydrogen-bond donors (Lipinski definition) is 8. The Bertz CT molecular complexity index is 471. The number of Topliss-reactive ketones (excluding diaryl/α,β-unsaturated/α-hetero) is 1. The zero-order valence-corrected chi connectivity index (χ0v) is 14.3. The van der Waals surface area contributed by atoms with Gasteiger partial charge in [0.15, 0.2) is 11.9 Å². The number of carbonyl (C=O) groups is 2. The van der Waals surface area contributed by atoms with Gasteiger partial charge in [0.05, 0.1) is 13.2 Å². The number of phosphoric ester groups is 1. The van der Waals surface area contributed by atoms with E-state index in [1.807, 2.05) is 0 Å². The zero-order chi connectivity index (χ0) is 19.6. The third kappa shape index (κ3) is 9.94. The molecule has 13 heteroatoms. The first-order valence-electron chi connectivity index (χ1n) is 7.43. The van der Waals surface area contributed by atoms with Crippen molar-refractivity contribution in [2.24, 2.45) is 5.73 Å². The molecule has 9 N–H and O–H groups in total. The zero-order valence-electron chi connectivity index (χ0n) is 13.4. The summed E-state index contributed by atoms with van der Waals surface area (Å²) in [4.78, 5) is 40.8. The molecule has 0 rings (SSSR count). The first-order valence-corrected chi connectivity index (χ1v) is 8.96. The molecule has 4 unspecified atom stereocenters. The Morgan fingerprint density at radius 2 is 1.80 bits per heavy atom. The molecule has 25 heavy (non-hydrogen) atoms. The third-order valence-corrected chi connectivity index (χ3v) is 3.73. The van der Waals surface area contributed by atoms with Crippen molar-refractivity contribution in [3.05, 3.63) is 0 Å². The minimum atomic E-state index is -5.20. The average molecular weight is 388 g/mol. The molecule has 0 saturated heterocycles. The molecule has 0 aliphatic heterocycles. The Morgan fingerprint density at radius 1 is 1.20 bits per heavy atom. The van der Waals surface area contributed by atoms with Crippen molar-refractivity contribution in [3.63, 3.8) is 0 Å². The van der Waals surface area contributed by atoms with Gasteiger partial charge in [0.1, 0.15) is 18.2 Å². The normalized spacial score (nSPS) is 16.9. The highest BCUT2D eigenvalue weighted by atomic mass is 31.2. The van der Waals surface area contributed by atoms with E-state index in [1.54, 1.807) is 0 Å². The lowest BCUT2D eigenvalue weighted by Crippen LogP contribution is -2.49. The van der Waals surface area contributed by atoms with Gasteiger partial charge in [0.25, 0.3) is 0 Å². The van der Waals surface area contributed by atoms with Crippen LogP contribution < -0.4 is 11.1 Å². The molecule has 148 valence electrons. The van der Waals surface area contributed by atoms with Gasteiger partial charge in [-0.05, 0) is 19.4 Å². The van der Waals surface area contributed by atoms with E-state index in [-0.39, 0.29) is 6.42 Å². The van der Waals surface area contributed by atoms with Crippen LogP contribution in [0.1, 0.15) is 19.3 Å². The number of carbonyl (C=O) groups excluding carboxylic acids is 1. The van der Waals surface area contributed by atoms with Crippen LogP contribution in [0.4, 0.5) is 0 Å². The van der Waals surface area contributed by atoms with Gasteiger partial charge in [-0.25, -0.2) is 4.57 Å². The molecule has 0 saturated carbocycles. The number of aliphatic hydroxyl groups is 3. The highest BCUT2D eigenvalue weighted by Gasteiger charge is 2.37. The van der Waals surface area contributed by atoms with Gasteiger partial charge in [-0.2, -0.15) is 0 Å². The SMILES string of the molecule is NCCCCC(NCC(=O)C(OP(=O)(O)O)C(O)C(O)CO)C(=O)O. The smallest absolute Gasteiger partial charge is 0.470 e. The number of aliphatic hydroxyl groups excluding tert-OH is 3. The van der Waals surface area contributed by atoms with Gasteiger partial charge < -0.3 is 35.9 Å². The molecule has 0 aromatic carbocycles. The summed E-state index contributed by atoms with van der Waals surface area (Å²) in [7, 11) is -5.20.